The van der Waals surface area contributed by atoms with E-state index in [9.17, 15) is 9.18 Å². The van der Waals surface area contributed by atoms with Crippen molar-refractivity contribution < 1.29 is 18.7 Å². The highest BCUT2D eigenvalue weighted by Gasteiger charge is 2.23. The van der Waals surface area contributed by atoms with Crippen molar-refractivity contribution >= 4 is 17.7 Å². The molecule has 1 aliphatic rings. The molecule has 1 atom stereocenters. The zero-order valence-corrected chi connectivity index (χ0v) is 14.1. The van der Waals surface area contributed by atoms with Crippen molar-refractivity contribution in [1.29, 1.82) is 0 Å². The highest BCUT2D eigenvalue weighted by molar-refractivity contribution is 7.99. The van der Waals surface area contributed by atoms with Crippen molar-refractivity contribution in [3.63, 3.8) is 0 Å². The Morgan fingerprint density at radius 3 is 2.88 bits per heavy atom. The van der Waals surface area contributed by atoms with Crippen molar-refractivity contribution in [3.05, 3.63) is 53.8 Å². The van der Waals surface area contributed by atoms with Crippen LogP contribution in [0.2, 0.25) is 0 Å². The lowest BCUT2D eigenvalue weighted by Gasteiger charge is -2.26. The maximum atomic E-state index is 13.5. The van der Waals surface area contributed by atoms with Gasteiger partial charge in [-0.1, -0.05) is 12.1 Å². The van der Waals surface area contributed by atoms with E-state index in [2.05, 4.69) is 5.32 Å². The molecule has 0 fully saturated rings. The summed E-state index contributed by atoms with van der Waals surface area (Å²) < 4.78 is 24.2. The molecule has 0 saturated carbocycles. The largest absolute Gasteiger partial charge is 0.493 e. The van der Waals surface area contributed by atoms with E-state index in [1.165, 1.54) is 12.1 Å². The Morgan fingerprint density at radius 1 is 1.29 bits per heavy atom. The summed E-state index contributed by atoms with van der Waals surface area (Å²) in [5.41, 5.74) is 0.830. The van der Waals surface area contributed by atoms with Crippen LogP contribution >= 0.6 is 11.8 Å². The number of amides is 1. The first-order chi connectivity index (χ1) is 11.7. The topological polar surface area (TPSA) is 47.6 Å². The predicted octanol–water partition coefficient (Wildman–Crippen LogP) is 3.57. The SMILES string of the molecule is COc1ccccc1OCC(=O)NC1CCSc2ccc(F)cc21. The number of para-hydroxylation sites is 2. The third-order valence-electron chi connectivity index (χ3n) is 3.77. The van der Waals surface area contributed by atoms with Gasteiger partial charge >= 0.3 is 0 Å². The van der Waals surface area contributed by atoms with Crippen molar-refractivity contribution in [2.24, 2.45) is 0 Å². The lowest BCUT2D eigenvalue weighted by molar-refractivity contribution is -0.123. The van der Waals surface area contributed by atoms with Gasteiger partial charge in [0, 0.05) is 10.6 Å². The summed E-state index contributed by atoms with van der Waals surface area (Å²) in [5, 5.41) is 2.93. The summed E-state index contributed by atoms with van der Waals surface area (Å²) in [4.78, 5) is 13.2. The quantitative estimate of drug-likeness (QED) is 0.898. The molecule has 126 valence electrons. The fourth-order valence-electron chi connectivity index (χ4n) is 2.63. The molecule has 1 heterocycles. The zero-order chi connectivity index (χ0) is 16.9. The van der Waals surface area contributed by atoms with Crippen LogP contribution < -0.4 is 14.8 Å². The number of hydrogen-bond acceptors (Lipinski definition) is 4. The number of fused-ring (bicyclic) bond motifs is 1. The number of nitrogens with one attached hydrogen (secondary N) is 1. The maximum absolute atomic E-state index is 13.5. The summed E-state index contributed by atoms with van der Waals surface area (Å²) in [6.45, 7) is -0.116. The zero-order valence-electron chi connectivity index (χ0n) is 13.3. The van der Waals surface area contributed by atoms with Crippen LogP contribution in [0.25, 0.3) is 0 Å². The van der Waals surface area contributed by atoms with Crippen LogP contribution in [0.1, 0.15) is 18.0 Å². The van der Waals surface area contributed by atoms with E-state index in [4.69, 9.17) is 9.47 Å². The molecule has 3 rings (SSSR count). The molecular formula is C18H18FNO3S. The summed E-state index contributed by atoms with van der Waals surface area (Å²) in [5.74, 6) is 1.44. The van der Waals surface area contributed by atoms with Crippen LogP contribution in [0.3, 0.4) is 0 Å². The lowest BCUT2D eigenvalue weighted by atomic mass is 10.0. The average molecular weight is 347 g/mol. The number of halogens is 1. The molecule has 1 unspecified atom stereocenters. The average Bonchev–Trinajstić information content (AvgIpc) is 2.60. The minimum atomic E-state index is -0.291. The van der Waals surface area contributed by atoms with Gasteiger partial charge in [0.25, 0.3) is 5.91 Å². The maximum Gasteiger partial charge on any atom is 0.258 e. The van der Waals surface area contributed by atoms with Crippen LogP contribution in [-0.2, 0) is 4.79 Å². The molecule has 1 amide bonds. The summed E-state index contributed by atoms with van der Waals surface area (Å²) in [6.07, 6.45) is 0.765. The van der Waals surface area contributed by atoms with Crippen LogP contribution in [0, 0.1) is 5.82 Å². The summed E-state index contributed by atoms with van der Waals surface area (Å²) >= 11 is 1.68. The van der Waals surface area contributed by atoms with E-state index in [-0.39, 0.29) is 24.4 Å². The number of carbonyl (C=O) groups is 1. The standard InChI is InChI=1S/C18H18FNO3S/c1-22-15-4-2-3-5-16(15)23-11-18(21)20-14-8-9-24-17-7-6-12(19)10-13(14)17/h2-7,10,14H,8-9,11H2,1H3,(H,20,21). The Morgan fingerprint density at radius 2 is 2.08 bits per heavy atom. The lowest BCUT2D eigenvalue weighted by Crippen LogP contribution is -2.34. The van der Waals surface area contributed by atoms with Crippen LogP contribution in [0.4, 0.5) is 4.39 Å². The molecular weight excluding hydrogens is 329 g/mol. The van der Waals surface area contributed by atoms with Crippen molar-refractivity contribution in [3.8, 4) is 11.5 Å². The molecule has 4 nitrogen and oxygen atoms in total. The van der Waals surface area contributed by atoms with Crippen LogP contribution in [-0.4, -0.2) is 25.4 Å². The smallest absolute Gasteiger partial charge is 0.258 e. The van der Waals surface area contributed by atoms with E-state index in [1.54, 1.807) is 37.1 Å². The summed E-state index contributed by atoms with van der Waals surface area (Å²) in [6, 6.07) is 11.7. The number of benzene rings is 2. The first-order valence-corrected chi connectivity index (χ1v) is 8.63. The molecule has 1 aliphatic heterocycles. The van der Waals surface area contributed by atoms with E-state index in [0.717, 1.165) is 22.6 Å². The number of ether oxygens (including phenoxy) is 2. The van der Waals surface area contributed by atoms with E-state index in [1.807, 2.05) is 12.1 Å². The Hall–Kier alpha value is -2.21. The minimum Gasteiger partial charge on any atom is -0.493 e. The van der Waals surface area contributed by atoms with Gasteiger partial charge in [-0.25, -0.2) is 4.39 Å². The molecule has 0 saturated heterocycles. The fraction of sp³-hybridized carbons (Fsp3) is 0.278. The Kier molecular flexibility index (Phi) is 5.25. The summed E-state index contributed by atoms with van der Waals surface area (Å²) in [7, 11) is 1.55. The Balaban J connectivity index is 1.63. The van der Waals surface area contributed by atoms with Gasteiger partial charge in [-0.2, -0.15) is 0 Å². The van der Waals surface area contributed by atoms with Gasteiger partial charge in [0.1, 0.15) is 5.82 Å². The molecule has 0 aliphatic carbocycles. The second-order valence-electron chi connectivity index (χ2n) is 5.38. The van der Waals surface area contributed by atoms with Gasteiger partial charge in [-0.3, -0.25) is 4.79 Å². The van der Waals surface area contributed by atoms with Gasteiger partial charge < -0.3 is 14.8 Å². The normalized spacial score (nSPS) is 16.2. The molecule has 0 spiro atoms. The number of thioether (sulfide) groups is 1. The number of carbonyl (C=O) groups excluding carboxylic acids is 1. The predicted molar refractivity (Wildman–Crippen MR) is 91.1 cm³/mol. The Bertz CT molecular complexity index is 738. The fourth-order valence-corrected chi connectivity index (χ4v) is 3.74. The number of hydrogen-bond donors (Lipinski definition) is 1. The third-order valence-corrected chi connectivity index (χ3v) is 4.90. The Labute approximate surface area is 144 Å². The first-order valence-electron chi connectivity index (χ1n) is 7.65. The van der Waals surface area contributed by atoms with Gasteiger partial charge in [0.15, 0.2) is 18.1 Å². The molecule has 0 bridgehead atoms. The van der Waals surface area contributed by atoms with Crippen molar-refractivity contribution in [2.45, 2.75) is 17.4 Å². The van der Waals surface area contributed by atoms with Crippen molar-refractivity contribution in [1.82, 2.24) is 5.32 Å². The molecule has 6 heteroatoms. The van der Waals surface area contributed by atoms with Crippen LogP contribution in [0.15, 0.2) is 47.4 Å². The van der Waals surface area contributed by atoms with Crippen LogP contribution in [0.5, 0.6) is 11.5 Å². The second-order valence-corrected chi connectivity index (χ2v) is 6.52. The van der Waals surface area contributed by atoms with E-state index >= 15 is 0 Å². The molecule has 2 aromatic carbocycles. The van der Waals surface area contributed by atoms with Gasteiger partial charge in [0.2, 0.25) is 0 Å². The third kappa shape index (κ3) is 3.82. The molecule has 24 heavy (non-hydrogen) atoms. The molecule has 2 aromatic rings. The van der Waals surface area contributed by atoms with Gasteiger partial charge in [0.05, 0.1) is 13.2 Å². The van der Waals surface area contributed by atoms with Gasteiger partial charge in [-0.05, 0) is 42.3 Å². The highest BCUT2D eigenvalue weighted by Crippen LogP contribution is 2.36. The molecule has 0 radical (unpaired) electrons. The van der Waals surface area contributed by atoms with E-state index < -0.39 is 0 Å². The van der Waals surface area contributed by atoms with E-state index in [0.29, 0.717) is 11.5 Å². The second kappa shape index (κ2) is 7.57. The minimum absolute atomic E-state index is 0.116. The van der Waals surface area contributed by atoms with Crippen molar-refractivity contribution in [2.75, 3.05) is 19.5 Å². The number of methoxy groups -OCH3 is 1. The first kappa shape index (κ1) is 16.6. The molecule has 0 aromatic heterocycles. The highest BCUT2D eigenvalue weighted by atomic mass is 32.2. The molecule has 1 N–H and O–H groups in total. The van der Waals surface area contributed by atoms with Gasteiger partial charge in [-0.15, -0.1) is 11.8 Å². The monoisotopic (exact) mass is 347 g/mol. The number of rotatable bonds is 5.